The van der Waals surface area contributed by atoms with Crippen molar-refractivity contribution in [3.63, 3.8) is 0 Å². The molecule has 1 rings (SSSR count). The second-order valence-electron chi connectivity index (χ2n) is 6.16. The van der Waals surface area contributed by atoms with Gasteiger partial charge in [0.05, 0.1) is 0 Å². The first-order valence-electron chi connectivity index (χ1n) is 8.27. The van der Waals surface area contributed by atoms with Gasteiger partial charge in [-0.3, -0.25) is 4.79 Å². The molecule has 0 aliphatic heterocycles. The molecule has 1 fully saturated rings. The van der Waals surface area contributed by atoms with Gasteiger partial charge < -0.3 is 4.74 Å². The maximum atomic E-state index is 12.7. The lowest BCUT2D eigenvalue weighted by Crippen LogP contribution is -2.41. The van der Waals surface area contributed by atoms with Crippen molar-refractivity contribution in [3.05, 3.63) is 0 Å². The third-order valence-electron chi connectivity index (χ3n) is 4.83. The van der Waals surface area contributed by atoms with E-state index in [1.54, 1.807) is 7.11 Å². The van der Waals surface area contributed by atoms with Gasteiger partial charge in [-0.25, -0.2) is 0 Å². The molecule has 1 saturated carbocycles. The van der Waals surface area contributed by atoms with E-state index in [0.29, 0.717) is 11.7 Å². The molecule has 0 aromatic heterocycles. The predicted octanol–water partition coefficient (Wildman–Crippen LogP) is 4.90. The monoisotopic (exact) mass is 268 g/mol. The van der Waals surface area contributed by atoms with Crippen LogP contribution in [0.3, 0.4) is 0 Å². The Hall–Kier alpha value is -0.370. The van der Waals surface area contributed by atoms with E-state index < -0.39 is 5.60 Å². The summed E-state index contributed by atoms with van der Waals surface area (Å²) in [5.41, 5.74) is -0.448. The molecule has 2 nitrogen and oxygen atoms in total. The van der Waals surface area contributed by atoms with Crippen LogP contribution in [-0.2, 0) is 9.53 Å². The van der Waals surface area contributed by atoms with E-state index in [1.165, 1.54) is 32.1 Å². The molecule has 0 spiro atoms. The number of Topliss-reactive ketones (excluding diaryl/α,β-unsaturated/α-hetero) is 1. The SMILES string of the molecule is CCCCC(CC)CC(=O)C1(OC)CCCCCC1. The summed E-state index contributed by atoms with van der Waals surface area (Å²) in [6, 6.07) is 0. The molecule has 0 heterocycles. The van der Waals surface area contributed by atoms with E-state index in [1.807, 2.05) is 0 Å². The quantitative estimate of drug-likeness (QED) is 0.585. The molecular weight excluding hydrogens is 236 g/mol. The molecule has 0 amide bonds. The zero-order valence-corrected chi connectivity index (χ0v) is 13.2. The van der Waals surface area contributed by atoms with Gasteiger partial charge in [-0.1, -0.05) is 65.2 Å². The second kappa shape index (κ2) is 8.73. The first kappa shape index (κ1) is 16.7. The summed E-state index contributed by atoms with van der Waals surface area (Å²) in [6.07, 6.45) is 12.2. The summed E-state index contributed by atoms with van der Waals surface area (Å²) in [7, 11) is 1.73. The number of hydrogen-bond acceptors (Lipinski definition) is 2. The zero-order chi connectivity index (χ0) is 14.1. The number of ether oxygens (including phenoxy) is 1. The Morgan fingerprint density at radius 3 is 2.26 bits per heavy atom. The number of carbonyl (C=O) groups excluding carboxylic acids is 1. The summed E-state index contributed by atoms with van der Waals surface area (Å²) in [5, 5.41) is 0. The van der Waals surface area contributed by atoms with Crippen LogP contribution < -0.4 is 0 Å². The summed E-state index contributed by atoms with van der Waals surface area (Å²) in [5.74, 6) is 0.933. The normalized spacial score (nSPS) is 20.8. The lowest BCUT2D eigenvalue weighted by molar-refractivity contribution is -0.144. The van der Waals surface area contributed by atoms with E-state index in [2.05, 4.69) is 13.8 Å². The van der Waals surface area contributed by atoms with Gasteiger partial charge in [0.25, 0.3) is 0 Å². The minimum Gasteiger partial charge on any atom is -0.370 e. The van der Waals surface area contributed by atoms with Gasteiger partial charge in [-0.15, -0.1) is 0 Å². The predicted molar refractivity (Wildman–Crippen MR) is 80.4 cm³/mol. The summed E-state index contributed by atoms with van der Waals surface area (Å²) in [6.45, 7) is 4.43. The molecule has 1 aliphatic rings. The smallest absolute Gasteiger partial charge is 0.164 e. The number of ketones is 1. The molecule has 0 radical (unpaired) electrons. The highest BCUT2D eigenvalue weighted by Crippen LogP contribution is 2.33. The molecule has 1 atom stereocenters. The van der Waals surface area contributed by atoms with Crippen molar-refractivity contribution >= 4 is 5.78 Å². The molecule has 0 saturated heterocycles. The van der Waals surface area contributed by atoms with E-state index in [0.717, 1.165) is 38.5 Å². The minimum absolute atomic E-state index is 0.375. The highest BCUT2D eigenvalue weighted by atomic mass is 16.5. The lowest BCUT2D eigenvalue weighted by atomic mass is 9.82. The van der Waals surface area contributed by atoms with E-state index in [-0.39, 0.29) is 0 Å². The van der Waals surface area contributed by atoms with Gasteiger partial charge in [0.1, 0.15) is 5.60 Å². The van der Waals surface area contributed by atoms with E-state index in [4.69, 9.17) is 4.74 Å². The molecular formula is C17H32O2. The Morgan fingerprint density at radius 1 is 1.16 bits per heavy atom. The molecule has 0 aromatic carbocycles. The minimum atomic E-state index is -0.448. The Morgan fingerprint density at radius 2 is 1.79 bits per heavy atom. The van der Waals surface area contributed by atoms with Crippen molar-refractivity contribution in [3.8, 4) is 0 Å². The Labute approximate surface area is 119 Å². The fraction of sp³-hybridized carbons (Fsp3) is 0.941. The van der Waals surface area contributed by atoms with Crippen LogP contribution in [0, 0.1) is 5.92 Å². The largest absolute Gasteiger partial charge is 0.370 e. The van der Waals surface area contributed by atoms with Gasteiger partial charge in [0.2, 0.25) is 0 Å². The van der Waals surface area contributed by atoms with Crippen molar-refractivity contribution in [1.82, 2.24) is 0 Å². The second-order valence-corrected chi connectivity index (χ2v) is 6.16. The van der Waals surface area contributed by atoms with Gasteiger partial charge >= 0.3 is 0 Å². The fourth-order valence-electron chi connectivity index (χ4n) is 3.29. The molecule has 1 unspecified atom stereocenters. The highest BCUT2D eigenvalue weighted by molar-refractivity contribution is 5.87. The molecule has 0 N–H and O–H groups in total. The topological polar surface area (TPSA) is 26.3 Å². The van der Waals surface area contributed by atoms with Crippen molar-refractivity contribution in [2.45, 2.75) is 90.1 Å². The van der Waals surface area contributed by atoms with Gasteiger partial charge in [-0.05, 0) is 18.8 Å². The van der Waals surface area contributed by atoms with Crippen LogP contribution in [0.25, 0.3) is 0 Å². The number of methoxy groups -OCH3 is 1. The zero-order valence-electron chi connectivity index (χ0n) is 13.2. The van der Waals surface area contributed by atoms with Crippen molar-refractivity contribution in [2.24, 2.45) is 5.92 Å². The fourth-order valence-corrected chi connectivity index (χ4v) is 3.29. The van der Waals surface area contributed by atoms with Crippen LogP contribution in [0.5, 0.6) is 0 Å². The average Bonchev–Trinajstić information content (AvgIpc) is 2.69. The molecule has 19 heavy (non-hydrogen) atoms. The maximum absolute atomic E-state index is 12.7. The first-order valence-corrected chi connectivity index (χ1v) is 8.27. The van der Waals surface area contributed by atoms with Crippen LogP contribution in [0.4, 0.5) is 0 Å². The number of hydrogen-bond donors (Lipinski definition) is 0. The van der Waals surface area contributed by atoms with Gasteiger partial charge in [0.15, 0.2) is 5.78 Å². The summed E-state index contributed by atoms with van der Waals surface area (Å²) < 4.78 is 5.72. The summed E-state index contributed by atoms with van der Waals surface area (Å²) in [4.78, 5) is 12.7. The van der Waals surface area contributed by atoms with E-state index >= 15 is 0 Å². The maximum Gasteiger partial charge on any atom is 0.164 e. The molecule has 1 aliphatic carbocycles. The Balaban J connectivity index is 2.60. The van der Waals surface area contributed by atoms with Crippen LogP contribution in [0.1, 0.15) is 84.5 Å². The highest BCUT2D eigenvalue weighted by Gasteiger charge is 2.38. The van der Waals surface area contributed by atoms with Crippen molar-refractivity contribution in [2.75, 3.05) is 7.11 Å². The van der Waals surface area contributed by atoms with Gasteiger partial charge in [0, 0.05) is 13.5 Å². The first-order chi connectivity index (χ1) is 9.18. The molecule has 2 heteroatoms. The van der Waals surface area contributed by atoms with Crippen LogP contribution in [0.15, 0.2) is 0 Å². The van der Waals surface area contributed by atoms with Gasteiger partial charge in [-0.2, -0.15) is 0 Å². The van der Waals surface area contributed by atoms with Crippen LogP contribution >= 0.6 is 0 Å². The Bertz CT molecular complexity index is 252. The van der Waals surface area contributed by atoms with E-state index in [9.17, 15) is 4.79 Å². The standard InChI is InChI=1S/C17H32O2/c1-4-6-11-15(5-2)14-16(18)17(19-3)12-9-7-8-10-13-17/h15H,4-14H2,1-3H3. The molecule has 0 aromatic rings. The third kappa shape index (κ3) is 4.91. The number of carbonyl (C=O) groups is 1. The number of rotatable bonds is 8. The van der Waals surface area contributed by atoms with Crippen LogP contribution in [0.2, 0.25) is 0 Å². The lowest BCUT2D eigenvalue weighted by Gasteiger charge is -2.31. The van der Waals surface area contributed by atoms with Crippen molar-refractivity contribution < 1.29 is 9.53 Å². The third-order valence-corrected chi connectivity index (χ3v) is 4.83. The summed E-state index contributed by atoms with van der Waals surface area (Å²) >= 11 is 0. The van der Waals surface area contributed by atoms with Crippen LogP contribution in [-0.4, -0.2) is 18.5 Å². The van der Waals surface area contributed by atoms with Crippen molar-refractivity contribution in [1.29, 1.82) is 0 Å². The number of unbranched alkanes of at least 4 members (excludes halogenated alkanes) is 1. The molecule has 0 bridgehead atoms. The average molecular weight is 268 g/mol. The molecule has 112 valence electrons. The Kier molecular flexibility index (Phi) is 7.67.